The van der Waals surface area contributed by atoms with Gasteiger partial charge < -0.3 is 14.4 Å². The third kappa shape index (κ3) is 3.72. The van der Waals surface area contributed by atoms with Gasteiger partial charge in [0.05, 0.1) is 30.8 Å². The summed E-state index contributed by atoms with van der Waals surface area (Å²) in [6.07, 6.45) is 3.86. The highest BCUT2D eigenvalue weighted by molar-refractivity contribution is 7.89. The van der Waals surface area contributed by atoms with Crippen LogP contribution in [0.4, 0.5) is 0 Å². The zero-order chi connectivity index (χ0) is 18.7. The first kappa shape index (κ1) is 19.1. The van der Waals surface area contributed by atoms with Crippen LogP contribution in [0.5, 0.6) is 5.75 Å². The van der Waals surface area contributed by atoms with E-state index in [2.05, 4.69) is 0 Å². The molecule has 7 nitrogen and oxygen atoms in total. The summed E-state index contributed by atoms with van der Waals surface area (Å²) in [4.78, 5) is 14.7. The Morgan fingerprint density at radius 1 is 1.23 bits per heavy atom. The lowest BCUT2D eigenvalue weighted by Gasteiger charge is -2.28. The summed E-state index contributed by atoms with van der Waals surface area (Å²) in [5.74, 6) is 0.148. The predicted molar refractivity (Wildman–Crippen MR) is 96.9 cm³/mol. The van der Waals surface area contributed by atoms with E-state index >= 15 is 0 Å². The Morgan fingerprint density at radius 2 is 1.88 bits per heavy atom. The van der Waals surface area contributed by atoms with Crippen molar-refractivity contribution >= 4 is 15.9 Å². The van der Waals surface area contributed by atoms with Gasteiger partial charge in [-0.1, -0.05) is 12.8 Å². The second-order valence-electron chi connectivity index (χ2n) is 6.73. The number of carbonyl (C=O) groups is 1. The van der Waals surface area contributed by atoms with Crippen molar-refractivity contribution in [2.75, 3.05) is 40.5 Å². The monoisotopic (exact) mass is 382 g/mol. The van der Waals surface area contributed by atoms with E-state index in [0.29, 0.717) is 32.1 Å². The maximum Gasteiger partial charge on any atom is 0.257 e. The SMILES string of the molecule is COc1ccc(S(=O)(=O)N(C)C2CCCC2)cc1C(=O)N1CCOCC1. The van der Waals surface area contributed by atoms with Gasteiger partial charge in [-0.2, -0.15) is 4.31 Å². The summed E-state index contributed by atoms with van der Waals surface area (Å²) in [5.41, 5.74) is 0.273. The van der Waals surface area contributed by atoms with Crippen LogP contribution in [0.25, 0.3) is 0 Å². The Labute approximate surface area is 154 Å². The first-order valence-corrected chi connectivity index (χ1v) is 10.4. The molecule has 1 amide bonds. The van der Waals surface area contributed by atoms with Crippen LogP contribution in [0.15, 0.2) is 23.1 Å². The molecule has 0 N–H and O–H groups in total. The predicted octanol–water partition coefficient (Wildman–Crippen LogP) is 1.73. The molecule has 1 heterocycles. The number of benzene rings is 1. The van der Waals surface area contributed by atoms with Gasteiger partial charge >= 0.3 is 0 Å². The summed E-state index contributed by atoms with van der Waals surface area (Å²) in [6, 6.07) is 4.54. The van der Waals surface area contributed by atoms with Crippen molar-refractivity contribution in [2.45, 2.75) is 36.6 Å². The van der Waals surface area contributed by atoms with E-state index in [4.69, 9.17) is 9.47 Å². The number of nitrogens with zero attached hydrogens (tertiary/aromatic N) is 2. The Kier molecular flexibility index (Phi) is 5.84. The third-order valence-electron chi connectivity index (χ3n) is 5.22. The fraction of sp³-hybridized carbons (Fsp3) is 0.611. The fourth-order valence-electron chi connectivity index (χ4n) is 3.58. The Hall–Kier alpha value is -1.64. The second kappa shape index (κ2) is 7.94. The molecular weight excluding hydrogens is 356 g/mol. The third-order valence-corrected chi connectivity index (χ3v) is 7.12. The van der Waals surface area contributed by atoms with Crippen LogP contribution in [0.1, 0.15) is 36.0 Å². The normalized spacial score (nSPS) is 19.1. The molecule has 1 aliphatic heterocycles. The Bertz CT molecular complexity index is 753. The van der Waals surface area contributed by atoms with E-state index in [9.17, 15) is 13.2 Å². The maximum atomic E-state index is 13.0. The van der Waals surface area contributed by atoms with E-state index in [1.807, 2.05) is 0 Å². The zero-order valence-electron chi connectivity index (χ0n) is 15.3. The van der Waals surface area contributed by atoms with E-state index in [-0.39, 0.29) is 22.4 Å². The van der Waals surface area contributed by atoms with Gasteiger partial charge in [0.15, 0.2) is 0 Å². The molecule has 0 unspecified atom stereocenters. The summed E-state index contributed by atoms with van der Waals surface area (Å²) in [6.45, 7) is 1.94. The largest absolute Gasteiger partial charge is 0.496 e. The second-order valence-corrected chi connectivity index (χ2v) is 8.72. The lowest BCUT2D eigenvalue weighted by Crippen LogP contribution is -2.41. The van der Waals surface area contributed by atoms with Gasteiger partial charge in [0.25, 0.3) is 5.91 Å². The van der Waals surface area contributed by atoms with Gasteiger partial charge in [-0.05, 0) is 31.0 Å². The van der Waals surface area contributed by atoms with Gasteiger partial charge in [0.2, 0.25) is 10.0 Å². The highest BCUT2D eigenvalue weighted by Crippen LogP contribution is 2.30. The molecule has 1 saturated heterocycles. The zero-order valence-corrected chi connectivity index (χ0v) is 16.1. The molecule has 0 spiro atoms. The minimum atomic E-state index is -3.65. The molecule has 2 fully saturated rings. The van der Waals surface area contributed by atoms with E-state index in [0.717, 1.165) is 25.7 Å². The minimum absolute atomic E-state index is 0.0282. The highest BCUT2D eigenvalue weighted by atomic mass is 32.2. The quantitative estimate of drug-likeness (QED) is 0.775. The molecule has 1 aromatic carbocycles. The van der Waals surface area contributed by atoms with Crippen molar-refractivity contribution in [2.24, 2.45) is 0 Å². The lowest BCUT2D eigenvalue weighted by atomic mass is 10.1. The average Bonchev–Trinajstić information content (AvgIpc) is 3.21. The molecule has 0 bridgehead atoms. The highest BCUT2D eigenvalue weighted by Gasteiger charge is 2.31. The smallest absolute Gasteiger partial charge is 0.257 e. The van der Waals surface area contributed by atoms with E-state index in [1.54, 1.807) is 18.0 Å². The summed E-state index contributed by atoms with van der Waals surface area (Å²) in [5, 5.41) is 0. The first-order chi connectivity index (χ1) is 12.4. The summed E-state index contributed by atoms with van der Waals surface area (Å²) < 4.78 is 38.0. The van der Waals surface area contributed by atoms with Crippen molar-refractivity contribution in [1.29, 1.82) is 0 Å². The van der Waals surface area contributed by atoms with E-state index < -0.39 is 10.0 Å². The number of rotatable bonds is 5. The molecular formula is C18H26N2O5S. The van der Waals surface area contributed by atoms with Crippen molar-refractivity contribution in [3.63, 3.8) is 0 Å². The Morgan fingerprint density at radius 3 is 2.50 bits per heavy atom. The Balaban J connectivity index is 1.92. The van der Waals surface area contributed by atoms with Crippen molar-refractivity contribution < 1.29 is 22.7 Å². The molecule has 3 rings (SSSR count). The number of amides is 1. The van der Waals surface area contributed by atoms with Crippen LogP contribution in [0.3, 0.4) is 0 Å². The number of morpholine rings is 1. The van der Waals surface area contributed by atoms with Crippen LogP contribution in [0.2, 0.25) is 0 Å². The number of carbonyl (C=O) groups excluding carboxylic acids is 1. The number of methoxy groups -OCH3 is 1. The first-order valence-electron chi connectivity index (χ1n) is 8.98. The van der Waals surface area contributed by atoms with Crippen LogP contribution >= 0.6 is 0 Å². The molecule has 8 heteroatoms. The topological polar surface area (TPSA) is 76.2 Å². The number of sulfonamides is 1. The van der Waals surface area contributed by atoms with Crippen molar-refractivity contribution in [3.8, 4) is 5.75 Å². The van der Waals surface area contributed by atoms with Crippen LogP contribution < -0.4 is 4.74 Å². The van der Waals surface area contributed by atoms with Crippen molar-refractivity contribution in [3.05, 3.63) is 23.8 Å². The molecule has 0 aromatic heterocycles. The van der Waals surface area contributed by atoms with Crippen LogP contribution in [0, 0.1) is 0 Å². The fourth-order valence-corrected chi connectivity index (χ4v) is 5.02. The van der Waals surface area contributed by atoms with Gasteiger partial charge in [0, 0.05) is 26.2 Å². The van der Waals surface area contributed by atoms with Gasteiger partial charge in [0.1, 0.15) is 5.75 Å². The van der Waals surface area contributed by atoms with Crippen LogP contribution in [-0.4, -0.2) is 70.0 Å². The van der Waals surface area contributed by atoms with Crippen molar-refractivity contribution in [1.82, 2.24) is 9.21 Å². The standard InChI is InChI=1S/C18H26N2O5S/c1-19(14-5-3-4-6-14)26(22,23)15-7-8-17(24-2)16(13-15)18(21)20-9-11-25-12-10-20/h7-8,13-14H,3-6,9-12H2,1-2H3. The molecule has 1 saturated carbocycles. The van der Waals surface area contributed by atoms with Crippen LogP contribution in [-0.2, 0) is 14.8 Å². The molecule has 0 atom stereocenters. The number of ether oxygens (including phenoxy) is 2. The number of hydrogen-bond acceptors (Lipinski definition) is 5. The molecule has 1 aliphatic carbocycles. The van der Waals surface area contributed by atoms with E-state index in [1.165, 1.54) is 23.5 Å². The average molecular weight is 382 g/mol. The van der Waals surface area contributed by atoms with Gasteiger partial charge in [-0.15, -0.1) is 0 Å². The lowest BCUT2D eigenvalue weighted by molar-refractivity contribution is 0.0300. The molecule has 26 heavy (non-hydrogen) atoms. The molecule has 2 aliphatic rings. The van der Waals surface area contributed by atoms with Gasteiger partial charge in [-0.3, -0.25) is 4.79 Å². The molecule has 1 aromatic rings. The number of hydrogen-bond donors (Lipinski definition) is 0. The summed E-state index contributed by atoms with van der Waals surface area (Å²) >= 11 is 0. The molecule has 0 radical (unpaired) electrons. The molecule has 144 valence electrons. The maximum absolute atomic E-state index is 13.0. The minimum Gasteiger partial charge on any atom is -0.496 e. The summed E-state index contributed by atoms with van der Waals surface area (Å²) in [7, 11) is -0.551. The van der Waals surface area contributed by atoms with Gasteiger partial charge in [-0.25, -0.2) is 8.42 Å².